The van der Waals surface area contributed by atoms with Crippen molar-refractivity contribution >= 4 is 34.6 Å². The molecule has 20 heavy (non-hydrogen) atoms. The molecule has 0 saturated carbocycles. The first-order valence-corrected chi connectivity index (χ1v) is 6.79. The van der Waals surface area contributed by atoms with E-state index in [-0.39, 0.29) is 17.9 Å². The van der Waals surface area contributed by atoms with Crippen molar-refractivity contribution in [2.75, 3.05) is 0 Å². The summed E-state index contributed by atoms with van der Waals surface area (Å²) in [6.07, 6.45) is 0.568. The van der Waals surface area contributed by atoms with Gasteiger partial charge < -0.3 is 4.74 Å². The van der Waals surface area contributed by atoms with Crippen molar-refractivity contribution < 1.29 is 14.5 Å². The number of carbonyl (C=O) groups is 1. The Morgan fingerprint density at radius 3 is 2.55 bits per heavy atom. The maximum atomic E-state index is 10.9. The molecule has 6 heteroatoms. The third-order valence-electron chi connectivity index (χ3n) is 2.61. The molecule has 0 aliphatic heterocycles. The molecule has 0 N–H and O–H groups in total. The van der Waals surface area contributed by atoms with Gasteiger partial charge in [0.1, 0.15) is 22.2 Å². The summed E-state index contributed by atoms with van der Waals surface area (Å²) in [6.45, 7) is 0.288. The molecule has 102 valence electrons. The van der Waals surface area contributed by atoms with Crippen molar-refractivity contribution in [3.63, 3.8) is 0 Å². The largest absolute Gasteiger partial charge is 0.488 e. The summed E-state index contributed by atoms with van der Waals surface area (Å²) in [5.41, 5.74) is 1.04. The van der Waals surface area contributed by atoms with E-state index in [1.807, 2.05) is 52.9 Å². The van der Waals surface area contributed by atoms with Crippen LogP contribution in [0.1, 0.15) is 15.9 Å². The van der Waals surface area contributed by atoms with Crippen LogP contribution in [0.15, 0.2) is 42.5 Å². The number of rotatable bonds is 5. The lowest BCUT2D eigenvalue weighted by Crippen LogP contribution is -2.01. The average molecular weight is 383 g/mol. The number of hydrogen-bond acceptors (Lipinski definition) is 4. The van der Waals surface area contributed by atoms with Crippen molar-refractivity contribution in [3.8, 4) is 5.75 Å². The second kappa shape index (κ2) is 6.47. The van der Waals surface area contributed by atoms with Gasteiger partial charge in [0.2, 0.25) is 0 Å². The standard InChI is InChI=1S/C14H10INO4/c15-14-12(16(18)19)6-11(8-17)7-13(14)20-9-10-4-2-1-3-5-10/h1-8H,9H2. The summed E-state index contributed by atoms with van der Waals surface area (Å²) in [5, 5.41) is 10.9. The number of hydrogen-bond donors (Lipinski definition) is 0. The number of halogens is 1. The highest BCUT2D eigenvalue weighted by Crippen LogP contribution is 2.31. The molecule has 0 amide bonds. The van der Waals surface area contributed by atoms with E-state index >= 15 is 0 Å². The Kier molecular flexibility index (Phi) is 4.67. The number of nitro benzene ring substituents is 1. The topological polar surface area (TPSA) is 69.4 Å². The van der Waals surface area contributed by atoms with Gasteiger partial charge >= 0.3 is 0 Å². The van der Waals surface area contributed by atoms with E-state index in [0.29, 0.717) is 15.6 Å². The first kappa shape index (κ1) is 14.4. The van der Waals surface area contributed by atoms with Crippen LogP contribution in [0.25, 0.3) is 0 Å². The quantitative estimate of drug-likeness (QED) is 0.343. The zero-order valence-corrected chi connectivity index (χ0v) is 12.4. The van der Waals surface area contributed by atoms with Crippen LogP contribution in [0.2, 0.25) is 0 Å². The number of ether oxygens (including phenoxy) is 1. The molecule has 0 heterocycles. The van der Waals surface area contributed by atoms with Crippen LogP contribution in [0.5, 0.6) is 5.75 Å². The van der Waals surface area contributed by atoms with E-state index < -0.39 is 4.92 Å². The van der Waals surface area contributed by atoms with Crippen molar-refractivity contribution in [1.29, 1.82) is 0 Å². The molecule has 0 saturated heterocycles. The molecule has 0 aromatic heterocycles. The third kappa shape index (κ3) is 3.32. The van der Waals surface area contributed by atoms with E-state index in [9.17, 15) is 14.9 Å². The van der Waals surface area contributed by atoms with Gasteiger partial charge in [0, 0.05) is 11.6 Å². The van der Waals surface area contributed by atoms with Crippen molar-refractivity contribution in [1.82, 2.24) is 0 Å². The molecular weight excluding hydrogens is 373 g/mol. The van der Waals surface area contributed by atoms with Crippen LogP contribution in [0.4, 0.5) is 5.69 Å². The van der Waals surface area contributed by atoms with E-state index in [0.717, 1.165) is 5.56 Å². The summed E-state index contributed by atoms with van der Waals surface area (Å²) in [4.78, 5) is 21.3. The lowest BCUT2D eigenvalue weighted by Gasteiger charge is -2.09. The Hall–Kier alpha value is -1.96. The van der Waals surface area contributed by atoms with E-state index in [1.165, 1.54) is 12.1 Å². The Morgan fingerprint density at radius 2 is 1.95 bits per heavy atom. The van der Waals surface area contributed by atoms with Crippen molar-refractivity contribution in [2.24, 2.45) is 0 Å². The molecule has 0 bridgehead atoms. The fourth-order valence-corrected chi connectivity index (χ4v) is 2.31. The summed E-state index contributed by atoms with van der Waals surface area (Å²) >= 11 is 1.85. The highest BCUT2D eigenvalue weighted by atomic mass is 127. The van der Waals surface area contributed by atoms with Crippen molar-refractivity contribution in [2.45, 2.75) is 6.61 Å². The Labute approximate surface area is 128 Å². The molecule has 0 atom stereocenters. The zero-order chi connectivity index (χ0) is 14.5. The fourth-order valence-electron chi connectivity index (χ4n) is 1.65. The minimum atomic E-state index is -0.524. The minimum Gasteiger partial charge on any atom is -0.488 e. The van der Waals surface area contributed by atoms with Crippen molar-refractivity contribution in [3.05, 3.63) is 67.3 Å². The summed E-state index contributed by atoms with van der Waals surface area (Å²) < 4.78 is 5.97. The van der Waals surface area contributed by atoms with Crippen LogP contribution in [-0.2, 0) is 6.61 Å². The van der Waals surface area contributed by atoms with Crippen LogP contribution in [0, 0.1) is 13.7 Å². The maximum Gasteiger partial charge on any atom is 0.287 e. The minimum absolute atomic E-state index is 0.127. The van der Waals surface area contributed by atoms with Gasteiger partial charge in [-0.3, -0.25) is 14.9 Å². The highest BCUT2D eigenvalue weighted by molar-refractivity contribution is 14.1. The number of nitro groups is 1. The van der Waals surface area contributed by atoms with E-state index in [4.69, 9.17) is 4.74 Å². The fraction of sp³-hybridized carbons (Fsp3) is 0.0714. The molecule has 5 nitrogen and oxygen atoms in total. The number of aldehydes is 1. The molecule has 0 spiro atoms. The molecule has 0 unspecified atom stereocenters. The maximum absolute atomic E-state index is 10.9. The van der Waals surface area contributed by atoms with Gasteiger partial charge in [-0.05, 0) is 34.2 Å². The van der Waals surface area contributed by atoms with Gasteiger partial charge in [0.05, 0.1) is 4.92 Å². The highest BCUT2D eigenvalue weighted by Gasteiger charge is 2.18. The van der Waals surface area contributed by atoms with Gasteiger partial charge in [-0.2, -0.15) is 0 Å². The van der Waals surface area contributed by atoms with Gasteiger partial charge in [0.15, 0.2) is 0 Å². The van der Waals surface area contributed by atoms with Gasteiger partial charge in [-0.25, -0.2) is 0 Å². The molecule has 0 aliphatic carbocycles. The first-order valence-electron chi connectivity index (χ1n) is 5.71. The first-order chi connectivity index (χ1) is 9.61. The Balaban J connectivity index is 2.29. The second-order valence-electron chi connectivity index (χ2n) is 4.00. The second-order valence-corrected chi connectivity index (χ2v) is 5.08. The Morgan fingerprint density at radius 1 is 1.25 bits per heavy atom. The normalized spacial score (nSPS) is 10.1. The summed E-state index contributed by atoms with van der Waals surface area (Å²) in [6, 6.07) is 12.2. The monoisotopic (exact) mass is 383 g/mol. The van der Waals surface area contributed by atoms with E-state index in [1.54, 1.807) is 0 Å². The molecule has 0 aliphatic rings. The van der Waals surface area contributed by atoms with Crippen LogP contribution < -0.4 is 4.74 Å². The number of carbonyl (C=O) groups excluding carboxylic acids is 1. The molecule has 0 radical (unpaired) electrons. The SMILES string of the molecule is O=Cc1cc(OCc2ccccc2)c(I)c([N+](=O)[O-])c1. The van der Waals surface area contributed by atoms with E-state index in [2.05, 4.69) is 0 Å². The predicted octanol–water partition coefficient (Wildman–Crippen LogP) is 3.59. The van der Waals surface area contributed by atoms with Crippen LogP contribution >= 0.6 is 22.6 Å². The molecule has 2 rings (SSSR count). The lowest BCUT2D eigenvalue weighted by atomic mass is 10.2. The average Bonchev–Trinajstić information content (AvgIpc) is 2.47. The molecular formula is C14H10INO4. The smallest absolute Gasteiger partial charge is 0.287 e. The van der Waals surface area contributed by atoms with Crippen LogP contribution in [0.3, 0.4) is 0 Å². The Bertz CT molecular complexity index is 643. The molecule has 2 aromatic rings. The lowest BCUT2D eigenvalue weighted by molar-refractivity contribution is -0.385. The van der Waals surface area contributed by atoms with Crippen LogP contribution in [-0.4, -0.2) is 11.2 Å². The summed E-state index contributed by atoms with van der Waals surface area (Å²) in [5.74, 6) is 0.339. The predicted molar refractivity (Wildman–Crippen MR) is 82.0 cm³/mol. The van der Waals surface area contributed by atoms with Gasteiger partial charge in [-0.15, -0.1) is 0 Å². The van der Waals surface area contributed by atoms with Gasteiger partial charge in [0.25, 0.3) is 5.69 Å². The molecule has 2 aromatic carbocycles. The number of benzene rings is 2. The number of nitrogens with zero attached hydrogens (tertiary/aromatic N) is 1. The molecule has 0 fully saturated rings. The zero-order valence-electron chi connectivity index (χ0n) is 10.3. The third-order valence-corrected chi connectivity index (χ3v) is 3.70. The summed E-state index contributed by atoms with van der Waals surface area (Å²) in [7, 11) is 0. The van der Waals surface area contributed by atoms with Gasteiger partial charge in [-0.1, -0.05) is 30.3 Å².